The second-order valence-corrected chi connectivity index (χ2v) is 4.84. The normalized spacial score (nSPS) is 16.8. The summed E-state index contributed by atoms with van der Waals surface area (Å²) in [5.41, 5.74) is 2.55. The predicted octanol–water partition coefficient (Wildman–Crippen LogP) is 2.21. The van der Waals surface area contributed by atoms with E-state index in [1.54, 1.807) is 36.6 Å². The van der Waals surface area contributed by atoms with Crippen LogP contribution in [0.15, 0.2) is 47.1 Å². The van der Waals surface area contributed by atoms with Crippen molar-refractivity contribution in [3.05, 3.63) is 59.5 Å². The number of furan rings is 1. The Kier molecular flexibility index (Phi) is 2.38. The minimum atomic E-state index is -0.363. The highest BCUT2D eigenvalue weighted by Gasteiger charge is 2.36. The fourth-order valence-corrected chi connectivity index (χ4v) is 2.64. The number of hydrogen-bond donors (Lipinski definition) is 3. The zero-order chi connectivity index (χ0) is 14.4. The van der Waals surface area contributed by atoms with E-state index < -0.39 is 0 Å². The Hall–Kier alpha value is -3.02. The second kappa shape index (κ2) is 4.24. The van der Waals surface area contributed by atoms with Gasteiger partial charge < -0.3 is 14.8 Å². The number of amides is 1. The molecule has 6 nitrogen and oxygen atoms in total. The lowest BCUT2D eigenvalue weighted by molar-refractivity contribution is 0.0955. The maximum atomic E-state index is 12.0. The van der Waals surface area contributed by atoms with Gasteiger partial charge in [0.25, 0.3) is 5.91 Å². The van der Waals surface area contributed by atoms with E-state index in [1.807, 2.05) is 6.07 Å². The highest BCUT2D eigenvalue weighted by Crippen LogP contribution is 2.37. The molecule has 1 aliphatic heterocycles. The zero-order valence-corrected chi connectivity index (χ0v) is 10.8. The lowest BCUT2D eigenvalue weighted by Crippen LogP contribution is -2.21. The summed E-state index contributed by atoms with van der Waals surface area (Å²) in [6, 6.07) is 10.0. The van der Waals surface area contributed by atoms with E-state index in [4.69, 9.17) is 4.42 Å². The molecule has 0 bridgehead atoms. The summed E-state index contributed by atoms with van der Waals surface area (Å²) in [5, 5.41) is 19.4. The molecular formula is C15H11N3O3. The Morgan fingerprint density at radius 1 is 1.24 bits per heavy atom. The van der Waals surface area contributed by atoms with Crippen LogP contribution in [0.25, 0.3) is 11.5 Å². The third-order valence-electron chi connectivity index (χ3n) is 3.55. The Labute approximate surface area is 119 Å². The van der Waals surface area contributed by atoms with Crippen molar-refractivity contribution in [1.82, 2.24) is 15.5 Å². The molecule has 6 heteroatoms. The average Bonchev–Trinajstić information content (AvgIpc) is 3.16. The van der Waals surface area contributed by atoms with Crippen molar-refractivity contribution in [2.45, 2.75) is 6.04 Å². The Bertz CT molecular complexity index is 821. The molecule has 0 spiro atoms. The molecule has 104 valence electrons. The van der Waals surface area contributed by atoms with Gasteiger partial charge in [-0.2, -0.15) is 5.10 Å². The van der Waals surface area contributed by atoms with E-state index >= 15 is 0 Å². The molecule has 0 unspecified atom stereocenters. The molecule has 0 radical (unpaired) electrons. The minimum Gasteiger partial charge on any atom is -0.508 e. The van der Waals surface area contributed by atoms with Crippen LogP contribution < -0.4 is 5.32 Å². The van der Waals surface area contributed by atoms with Crippen molar-refractivity contribution in [2.75, 3.05) is 0 Å². The van der Waals surface area contributed by atoms with Crippen LogP contribution in [0.5, 0.6) is 5.75 Å². The van der Waals surface area contributed by atoms with Crippen molar-refractivity contribution < 1.29 is 14.3 Å². The summed E-state index contributed by atoms with van der Waals surface area (Å²) in [7, 11) is 0. The highest BCUT2D eigenvalue weighted by molar-refractivity contribution is 5.99. The molecule has 0 saturated carbocycles. The third-order valence-corrected chi connectivity index (χ3v) is 3.55. The van der Waals surface area contributed by atoms with Crippen LogP contribution in [0.1, 0.15) is 27.7 Å². The first-order chi connectivity index (χ1) is 10.2. The Balaban J connectivity index is 1.88. The van der Waals surface area contributed by atoms with E-state index in [2.05, 4.69) is 15.5 Å². The monoisotopic (exact) mass is 281 g/mol. The molecule has 21 heavy (non-hydrogen) atoms. The maximum Gasteiger partial charge on any atom is 0.272 e. The first-order valence-electron chi connectivity index (χ1n) is 6.46. The van der Waals surface area contributed by atoms with Gasteiger partial charge in [0.05, 0.1) is 12.3 Å². The zero-order valence-electron chi connectivity index (χ0n) is 10.8. The van der Waals surface area contributed by atoms with Gasteiger partial charge in [-0.1, -0.05) is 12.1 Å². The van der Waals surface area contributed by atoms with E-state index in [0.717, 1.165) is 11.1 Å². The number of aromatic amines is 1. The summed E-state index contributed by atoms with van der Waals surface area (Å²) >= 11 is 0. The van der Waals surface area contributed by atoms with Crippen LogP contribution in [0, 0.1) is 0 Å². The number of nitrogens with one attached hydrogen (secondary N) is 2. The standard InChI is InChI=1S/C15H11N3O3/c19-9-4-1-3-8(7-9)12-11-13(10-5-2-6-21-10)17-18-14(11)15(20)16-12/h1-7,12,19H,(H,16,20)(H,17,18)/t12-/m0/s1. The highest BCUT2D eigenvalue weighted by atomic mass is 16.3. The number of hydrogen-bond acceptors (Lipinski definition) is 4. The maximum absolute atomic E-state index is 12.0. The molecule has 0 aliphatic carbocycles. The van der Waals surface area contributed by atoms with Crippen molar-refractivity contribution in [2.24, 2.45) is 0 Å². The van der Waals surface area contributed by atoms with Crippen LogP contribution in [0.3, 0.4) is 0 Å². The summed E-state index contributed by atoms with van der Waals surface area (Å²) < 4.78 is 5.39. The van der Waals surface area contributed by atoms with Crippen molar-refractivity contribution in [3.63, 3.8) is 0 Å². The molecule has 2 aromatic heterocycles. The molecule has 3 N–H and O–H groups in total. The summed E-state index contributed by atoms with van der Waals surface area (Å²) in [4.78, 5) is 12.0. The number of carbonyl (C=O) groups is 1. The van der Waals surface area contributed by atoms with Gasteiger partial charge in [0.15, 0.2) is 11.5 Å². The fraction of sp³-hybridized carbons (Fsp3) is 0.0667. The summed E-state index contributed by atoms with van der Waals surface area (Å²) in [6.45, 7) is 0. The molecule has 1 aromatic carbocycles. The fourth-order valence-electron chi connectivity index (χ4n) is 2.64. The summed E-state index contributed by atoms with van der Waals surface area (Å²) in [6.07, 6.45) is 1.57. The van der Waals surface area contributed by atoms with Crippen molar-refractivity contribution in [3.8, 4) is 17.2 Å². The van der Waals surface area contributed by atoms with Gasteiger partial charge in [-0.3, -0.25) is 9.89 Å². The van der Waals surface area contributed by atoms with Crippen LogP contribution in [-0.2, 0) is 0 Å². The first-order valence-corrected chi connectivity index (χ1v) is 6.46. The first kappa shape index (κ1) is 11.8. The van der Waals surface area contributed by atoms with Crippen molar-refractivity contribution in [1.29, 1.82) is 0 Å². The van der Waals surface area contributed by atoms with Gasteiger partial charge in [-0.05, 0) is 29.8 Å². The van der Waals surface area contributed by atoms with E-state index in [9.17, 15) is 9.90 Å². The molecule has 1 amide bonds. The number of phenolic OH excluding ortho intramolecular Hbond substituents is 1. The van der Waals surface area contributed by atoms with E-state index in [-0.39, 0.29) is 17.7 Å². The van der Waals surface area contributed by atoms with Crippen LogP contribution >= 0.6 is 0 Å². The van der Waals surface area contributed by atoms with Gasteiger partial charge in [0.1, 0.15) is 11.4 Å². The predicted molar refractivity (Wildman–Crippen MR) is 73.7 cm³/mol. The lowest BCUT2D eigenvalue weighted by atomic mass is 9.99. The largest absolute Gasteiger partial charge is 0.508 e. The van der Waals surface area contributed by atoms with Gasteiger partial charge in [0, 0.05) is 5.56 Å². The smallest absolute Gasteiger partial charge is 0.272 e. The van der Waals surface area contributed by atoms with Gasteiger partial charge in [0.2, 0.25) is 0 Å². The number of nitrogens with zero attached hydrogens (tertiary/aromatic N) is 1. The number of benzene rings is 1. The number of phenols is 1. The molecule has 0 fully saturated rings. The molecule has 4 rings (SSSR count). The molecular weight excluding hydrogens is 270 g/mol. The van der Waals surface area contributed by atoms with Gasteiger partial charge in [-0.15, -0.1) is 0 Å². The van der Waals surface area contributed by atoms with Crippen LogP contribution in [0.4, 0.5) is 0 Å². The van der Waals surface area contributed by atoms with E-state index in [0.29, 0.717) is 17.1 Å². The lowest BCUT2D eigenvalue weighted by Gasteiger charge is -2.13. The van der Waals surface area contributed by atoms with Crippen LogP contribution in [0.2, 0.25) is 0 Å². The number of aromatic nitrogens is 2. The molecule has 3 heterocycles. The molecule has 1 atom stereocenters. The van der Waals surface area contributed by atoms with Gasteiger partial charge in [-0.25, -0.2) is 0 Å². The Morgan fingerprint density at radius 3 is 2.90 bits per heavy atom. The topological polar surface area (TPSA) is 91.1 Å². The van der Waals surface area contributed by atoms with Crippen molar-refractivity contribution >= 4 is 5.91 Å². The number of rotatable bonds is 2. The quantitative estimate of drug-likeness (QED) is 0.671. The number of aromatic hydroxyl groups is 1. The number of fused-ring (bicyclic) bond motifs is 1. The number of carbonyl (C=O) groups excluding carboxylic acids is 1. The summed E-state index contributed by atoms with van der Waals surface area (Å²) in [5.74, 6) is 0.524. The Morgan fingerprint density at radius 2 is 2.14 bits per heavy atom. The SMILES string of the molecule is O=C1N[C@@H](c2cccc(O)c2)c2c1n[nH]c2-c1ccco1. The third kappa shape index (κ3) is 1.73. The van der Waals surface area contributed by atoms with Gasteiger partial charge >= 0.3 is 0 Å². The molecule has 1 aliphatic rings. The van der Waals surface area contributed by atoms with E-state index in [1.165, 1.54) is 0 Å². The number of H-pyrrole nitrogens is 1. The molecule has 0 saturated heterocycles. The second-order valence-electron chi connectivity index (χ2n) is 4.84. The minimum absolute atomic E-state index is 0.151. The van der Waals surface area contributed by atoms with Crippen LogP contribution in [-0.4, -0.2) is 21.2 Å². The molecule has 3 aromatic rings. The average molecular weight is 281 g/mol.